The molecular weight excluding hydrogens is 311 g/mol. The molecule has 0 aliphatic carbocycles. The van der Waals surface area contributed by atoms with Gasteiger partial charge in [-0.15, -0.1) is 0 Å². The zero-order valence-electron chi connectivity index (χ0n) is 10.2. The molecule has 0 bridgehead atoms. The van der Waals surface area contributed by atoms with Gasteiger partial charge in [0.25, 0.3) is 0 Å². The topological polar surface area (TPSA) is 29.5 Å². The second kappa shape index (κ2) is 6.68. The molecule has 1 atom stereocenters. The number of phenolic OH excluding ortho intramolecular Hbond substituents is 1. The largest absolute Gasteiger partial charge is 0.508 e. The first-order valence-corrected chi connectivity index (χ1v) is 6.83. The van der Waals surface area contributed by atoms with E-state index in [0.29, 0.717) is 12.0 Å². The molecule has 0 aliphatic rings. The lowest BCUT2D eigenvalue weighted by molar-refractivity contribution is 0.101. The Hall–Kier alpha value is -1.39. The Kier molecular flexibility index (Phi) is 4.93. The Morgan fingerprint density at radius 3 is 2.63 bits per heavy atom. The Morgan fingerprint density at radius 1 is 1.16 bits per heavy atom. The highest BCUT2D eigenvalue weighted by molar-refractivity contribution is 9.09. The molecule has 19 heavy (non-hydrogen) atoms. The van der Waals surface area contributed by atoms with Crippen LogP contribution in [0.4, 0.5) is 4.39 Å². The maximum atomic E-state index is 13.4. The number of hydrogen-bond acceptors (Lipinski definition) is 2. The predicted octanol–water partition coefficient (Wildman–Crippen LogP) is 4.01. The molecule has 0 amide bonds. The average Bonchev–Trinajstić information content (AvgIpc) is 2.41. The Bertz CT molecular complexity index is 531. The molecule has 0 fully saturated rings. The molecule has 1 N–H and O–H groups in total. The molecule has 0 aliphatic heterocycles. The van der Waals surface area contributed by atoms with Crippen LogP contribution in [0.2, 0.25) is 0 Å². The second-order valence-electron chi connectivity index (χ2n) is 4.19. The summed E-state index contributed by atoms with van der Waals surface area (Å²) in [4.78, 5) is 0. The van der Waals surface area contributed by atoms with E-state index in [1.165, 1.54) is 18.2 Å². The van der Waals surface area contributed by atoms with Crippen molar-refractivity contribution >= 4 is 15.9 Å². The number of hydrogen-bond donors (Lipinski definition) is 1. The van der Waals surface area contributed by atoms with Crippen molar-refractivity contribution < 1.29 is 14.2 Å². The number of halogens is 2. The fourth-order valence-corrected chi connectivity index (χ4v) is 2.22. The van der Waals surface area contributed by atoms with Crippen LogP contribution in [0.3, 0.4) is 0 Å². The molecule has 2 nitrogen and oxygen atoms in total. The molecule has 100 valence electrons. The van der Waals surface area contributed by atoms with Gasteiger partial charge in [0, 0.05) is 12.0 Å². The van der Waals surface area contributed by atoms with E-state index in [1.807, 2.05) is 30.3 Å². The molecule has 0 radical (unpaired) electrons. The minimum atomic E-state index is -0.378. The molecular formula is C15H14BrFO2. The summed E-state index contributed by atoms with van der Waals surface area (Å²) in [5.41, 5.74) is 1.48. The highest BCUT2D eigenvalue weighted by atomic mass is 79.9. The molecule has 0 spiro atoms. The number of rotatable bonds is 5. The molecule has 2 aromatic rings. The minimum Gasteiger partial charge on any atom is -0.508 e. The van der Waals surface area contributed by atoms with E-state index in [2.05, 4.69) is 15.9 Å². The Morgan fingerprint density at radius 2 is 1.89 bits per heavy atom. The monoisotopic (exact) mass is 324 g/mol. The summed E-state index contributed by atoms with van der Waals surface area (Å²) in [6, 6.07) is 13.8. The normalized spacial score (nSPS) is 12.3. The van der Waals surface area contributed by atoms with Crippen LogP contribution in [0.5, 0.6) is 5.75 Å². The highest BCUT2D eigenvalue weighted by Crippen LogP contribution is 2.19. The van der Waals surface area contributed by atoms with Crippen molar-refractivity contribution in [3.05, 3.63) is 65.5 Å². The van der Waals surface area contributed by atoms with Gasteiger partial charge in [-0.2, -0.15) is 0 Å². The van der Waals surface area contributed by atoms with Gasteiger partial charge in [0.1, 0.15) is 16.6 Å². The van der Waals surface area contributed by atoms with Crippen molar-refractivity contribution in [1.29, 1.82) is 0 Å². The van der Waals surface area contributed by atoms with E-state index in [9.17, 15) is 9.50 Å². The van der Waals surface area contributed by atoms with Crippen LogP contribution in [-0.2, 0) is 17.8 Å². The fourth-order valence-electron chi connectivity index (χ4n) is 1.71. The van der Waals surface area contributed by atoms with Crippen molar-refractivity contribution in [2.24, 2.45) is 0 Å². The maximum Gasteiger partial charge on any atom is 0.128 e. The van der Waals surface area contributed by atoms with Gasteiger partial charge in [-0.05, 0) is 23.8 Å². The first kappa shape index (κ1) is 14.0. The number of phenols is 1. The van der Waals surface area contributed by atoms with Crippen LogP contribution in [0.25, 0.3) is 0 Å². The standard InChI is InChI=1S/C15H14BrFO2/c16-15(8-11-4-2-1-3-5-11)19-10-12-9-13(18)6-7-14(12)17/h1-7,9,15,18H,8,10H2. The van der Waals surface area contributed by atoms with Gasteiger partial charge in [0.15, 0.2) is 0 Å². The predicted molar refractivity (Wildman–Crippen MR) is 75.7 cm³/mol. The second-order valence-corrected chi connectivity index (χ2v) is 5.21. The quantitative estimate of drug-likeness (QED) is 0.842. The molecule has 0 saturated heterocycles. The summed E-state index contributed by atoms with van der Waals surface area (Å²) in [6.07, 6.45) is 0.696. The van der Waals surface area contributed by atoms with Crippen molar-refractivity contribution in [1.82, 2.24) is 0 Å². The summed E-state index contributed by atoms with van der Waals surface area (Å²) >= 11 is 3.41. The van der Waals surface area contributed by atoms with Crippen LogP contribution >= 0.6 is 15.9 Å². The van der Waals surface area contributed by atoms with Gasteiger partial charge in [-0.1, -0.05) is 46.3 Å². The van der Waals surface area contributed by atoms with Gasteiger partial charge in [0.2, 0.25) is 0 Å². The van der Waals surface area contributed by atoms with Gasteiger partial charge in [0.05, 0.1) is 6.61 Å². The SMILES string of the molecule is Oc1ccc(F)c(COC(Br)Cc2ccccc2)c1. The smallest absolute Gasteiger partial charge is 0.128 e. The third kappa shape index (κ3) is 4.33. The van der Waals surface area contributed by atoms with E-state index >= 15 is 0 Å². The van der Waals surface area contributed by atoms with Crippen molar-refractivity contribution in [3.63, 3.8) is 0 Å². The average molecular weight is 325 g/mol. The minimum absolute atomic E-state index is 0.0363. The fraction of sp³-hybridized carbons (Fsp3) is 0.200. The molecule has 4 heteroatoms. The molecule has 0 heterocycles. The summed E-state index contributed by atoms with van der Waals surface area (Å²) in [7, 11) is 0. The van der Waals surface area contributed by atoms with Crippen LogP contribution in [0.15, 0.2) is 48.5 Å². The van der Waals surface area contributed by atoms with Crippen molar-refractivity contribution in [2.75, 3.05) is 0 Å². The molecule has 0 saturated carbocycles. The maximum absolute atomic E-state index is 13.4. The third-order valence-corrected chi connectivity index (χ3v) is 3.28. The van der Waals surface area contributed by atoms with Crippen molar-refractivity contribution in [2.45, 2.75) is 18.0 Å². The summed E-state index contributed by atoms with van der Waals surface area (Å²) < 4.78 is 19.0. The van der Waals surface area contributed by atoms with E-state index in [-0.39, 0.29) is 23.2 Å². The molecule has 1 unspecified atom stereocenters. The van der Waals surface area contributed by atoms with Gasteiger partial charge in [-0.25, -0.2) is 4.39 Å². The molecule has 0 aromatic heterocycles. The third-order valence-electron chi connectivity index (χ3n) is 2.69. The number of benzene rings is 2. The summed E-state index contributed by atoms with van der Waals surface area (Å²) in [6.45, 7) is 0.114. The van der Waals surface area contributed by atoms with Gasteiger partial charge < -0.3 is 9.84 Å². The van der Waals surface area contributed by atoms with Crippen molar-refractivity contribution in [3.8, 4) is 5.75 Å². The van der Waals surface area contributed by atoms with Gasteiger partial charge >= 0.3 is 0 Å². The zero-order chi connectivity index (χ0) is 13.7. The first-order chi connectivity index (χ1) is 9.15. The summed E-state index contributed by atoms with van der Waals surface area (Å²) in [5, 5.41) is 9.11. The number of alkyl halides is 1. The van der Waals surface area contributed by atoms with E-state index in [1.54, 1.807) is 0 Å². The number of aromatic hydroxyl groups is 1. The van der Waals surface area contributed by atoms with Gasteiger partial charge in [-0.3, -0.25) is 0 Å². The van der Waals surface area contributed by atoms with Crippen LogP contribution in [0.1, 0.15) is 11.1 Å². The lowest BCUT2D eigenvalue weighted by atomic mass is 10.2. The summed E-state index contributed by atoms with van der Waals surface area (Å²) in [5.74, 6) is -0.341. The zero-order valence-corrected chi connectivity index (χ0v) is 11.8. The van der Waals surface area contributed by atoms with E-state index < -0.39 is 0 Å². The van der Waals surface area contributed by atoms with Crippen LogP contribution in [-0.4, -0.2) is 10.1 Å². The Balaban J connectivity index is 1.90. The van der Waals surface area contributed by atoms with E-state index in [0.717, 1.165) is 5.56 Å². The van der Waals surface area contributed by atoms with Crippen LogP contribution in [0, 0.1) is 5.82 Å². The Labute approximate surface area is 120 Å². The lowest BCUT2D eigenvalue weighted by Gasteiger charge is -2.12. The lowest BCUT2D eigenvalue weighted by Crippen LogP contribution is -2.08. The molecule has 2 rings (SSSR count). The van der Waals surface area contributed by atoms with Crippen LogP contribution < -0.4 is 0 Å². The highest BCUT2D eigenvalue weighted by Gasteiger charge is 2.09. The number of ether oxygens (including phenoxy) is 1. The van der Waals surface area contributed by atoms with E-state index in [4.69, 9.17) is 4.74 Å². The first-order valence-electron chi connectivity index (χ1n) is 5.92. The molecule has 2 aromatic carbocycles.